The van der Waals surface area contributed by atoms with Gasteiger partial charge in [-0.2, -0.15) is 18.3 Å². The van der Waals surface area contributed by atoms with Gasteiger partial charge in [0.05, 0.1) is 5.69 Å². The molecule has 1 aromatic carbocycles. The lowest BCUT2D eigenvalue weighted by molar-refractivity contribution is -0.139. The summed E-state index contributed by atoms with van der Waals surface area (Å²) >= 11 is 0. The van der Waals surface area contributed by atoms with E-state index < -0.39 is 11.7 Å². The molecule has 0 saturated heterocycles. The predicted molar refractivity (Wildman–Crippen MR) is 69.0 cm³/mol. The van der Waals surface area contributed by atoms with Crippen LogP contribution >= 0.6 is 0 Å². The number of hydrogen-bond donors (Lipinski definition) is 1. The lowest BCUT2D eigenvalue weighted by atomic mass is 10.0. The molecule has 0 unspecified atom stereocenters. The highest BCUT2D eigenvalue weighted by atomic mass is 19.4. The number of anilines is 1. The van der Waals surface area contributed by atoms with Gasteiger partial charge < -0.3 is 15.2 Å². The van der Waals surface area contributed by atoms with Crippen LogP contribution in [0.15, 0.2) is 18.2 Å². The van der Waals surface area contributed by atoms with Crippen molar-refractivity contribution in [2.45, 2.75) is 6.18 Å². The van der Waals surface area contributed by atoms with Gasteiger partial charge in [-0.1, -0.05) is 0 Å². The van der Waals surface area contributed by atoms with Crippen molar-refractivity contribution >= 4 is 5.82 Å². The fourth-order valence-electron chi connectivity index (χ4n) is 2.17. The summed E-state index contributed by atoms with van der Waals surface area (Å²) in [6.07, 6.45) is -4.51. The van der Waals surface area contributed by atoms with Gasteiger partial charge in [-0.15, -0.1) is 0 Å². The van der Waals surface area contributed by atoms with E-state index in [1.807, 2.05) is 0 Å². The van der Waals surface area contributed by atoms with E-state index in [1.54, 1.807) is 13.1 Å². The molecular formula is C13H12F3N3O2. The lowest BCUT2D eigenvalue weighted by Gasteiger charge is -2.24. The Morgan fingerprint density at radius 1 is 1.19 bits per heavy atom. The van der Waals surface area contributed by atoms with Crippen molar-refractivity contribution in [3.63, 3.8) is 0 Å². The zero-order valence-corrected chi connectivity index (χ0v) is 11.1. The summed E-state index contributed by atoms with van der Waals surface area (Å²) in [5, 5.41) is 4.16. The maximum Gasteiger partial charge on any atom is 0.420 e. The highest BCUT2D eigenvalue weighted by Crippen LogP contribution is 2.47. The molecule has 0 fully saturated rings. The minimum absolute atomic E-state index is 0.0502. The van der Waals surface area contributed by atoms with E-state index in [-0.39, 0.29) is 24.7 Å². The van der Waals surface area contributed by atoms with Crippen LogP contribution in [0.2, 0.25) is 0 Å². The van der Waals surface area contributed by atoms with Gasteiger partial charge in [0.25, 0.3) is 0 Å². The standard InChI is InChI=1S/C13H12F3N3O2/c1-19-10(17)6-9(18-19)7-2-3-8(13(14,15)16)12-11(7)20-4-5-21-12/h2-3,6H,4-5,17H2,1H3. The number of fused-ring (bicyclic) bond motifs is 1. The molecule has 3 rings (SSSR count). The number of nitrogens with zero attached hydrogens (tertiary/aromatic N) is 2. The summed E-state index contributed by atoms with van der Waals surface area (Å²) in [7, 11) is 1.65. The number of ether oxygens (including phenoxy) is 2. The van der Waals surface area contributed by atoms with Gasteiger partial charge in [0.15, 0.2) is 11.5 Å². The Morgan fingerprint density at radius 2 is 1.86 bits per heavy atom. The van der Waals surface area contributed by atoms with E-state index in [1.165, 1.54) is 10.7 Å². The Hall–Kier alpha value is -2.38. The minimum Gasteiger partial charge on any atom is -0.485 e. The van der Waals surface area contributed by atoms with Crippen molar-refractivity contribution in [1.29, 1.82) is 0 Å². The van der Waals surface area contributed by atoms with Crippen LogP contribution < -0.4 is 15.2 Å². The Labute approximate surface area is 118 Å². The zero-order chi connectivity index (χ0) is 15.2. The predicted octanol–water partition coefficient (Wildman–Crippen LogP) is 2.46. The first kappa shape index (κ1) is 13.6. The van der Waals surface area contributed by atoms with Gasteiger partial charge in [-0.05, 0) is 12.1 Å². The van der Waals surface area contributed by atoms with Crippen LogP contribution in [0.4, 0.5) is 19.0 Å². The van der Waals surface area contributed by atoms with Gasteiger partial charge in [-0.3, -0.25) is 4.68 Å². The topological polar surface area (TPSA) is 62.3 Å². The molecule has 0 atom stereocenters. The van der Waals surface area contributed by atoms with E-state index in [2.05, 4.69) is 5.10 Å². The molecule has 0 saturated carbocycles. The average molecular weight is 299 g/mol. The molecule has 1 aliphatic heterocycles. The molecule has 0 amide bonds. The lowest BCUT2D eigenvalue weighted by Crippen LogP contribution is -2.19. The van der Waals surface area contributed by atoms with Crippen LogP contribution in [0.3, 0.4) is 0 Å². The molecule has 0 radical (unpaired) electrons. The van der Waals surface area contributed by atoms with Crippen molar-refractivity contribution in [2.75, 3.05) is 18.9 Å². The Balaban J connectivity index is 2.19. The average Bonchev–Trinajstić information content (AvgIpc) is 2.76. The second-order valence-electron chi connectivity index (χ2n) is 4.59. The van der Waals surface area contributed by atoms with E-state index in [0.29, 0.717) is 17.1 Å². The van der Waals surface area contributed by atoms with Gasteiger partial charge in [0.1, 0.15) is 24.6 Å². The SMILES string of the molecule is Cn1nc(-c2ccc(C(F)(F)F)c3c2OCCO3)cc1N. The number of benzene rings is 1. The molecular weight excluding hydrogens is 287 g/mol. The smallest absolute Gasteiger partial charge is 0.420 e. The number of aryl methyl sites for hydroxylation is 1. The second kappa shape index (κ2) is 4.57. The summed E-state index contributed by atoms with van der Waals surface area (Å²) < 4.78 is 51.0. The van der Waals surface area contributed by atoms with Crippen LogP contribution in [0.5, 0.6) is 11.5 Å². The molecule has 0 spiro atoms. The van der Waals surface area contributed by atoms with Gasteiger partial charge >= 0.3 is 6.18 Å². The van der Waals surface area contributed by atoms with Crippen LogP contribution in [0.25, 0.3) is 11.3 Å². The first-order valence-corrected chi connectivity index (χ1v) is 6.17. The third-order valence-electron chi connectivity index (χ3n) is 3.19. The number of alkyl halides is 3. The molecule has 2 N–H and O–H groups in total. The van der Waals surface area contributed by atoms with Crippen molar-refractivity contribution in [2.24, 2.45) is 7.05 Å². The molecule has 1 aromatic heterocycles. The van der Waals surface area contributed by atoms with Crippen LogP contribution in [-0.2, 0) is 13.2 Å². The molecule has 0 aliphatic carbocycles. The van der Waals surface area contributed by atoms with E-state index in [4.69, 9.17) is 15.2 Å². The summed E-state index contributed by atoms with van der Waals surface area (Å²) in [6.45, 7) is 0.257. The van der Waals surface area contributed by atoms with Crippen LogP contribution in [0.1, 0.15) is 5.56 Å². The second-order valence-corrected chi connectivity index (χ2v) is 4.59. The van der Waals surface area contributed by atoms with Crippen LogP contribution in [-0.4, -0.2) is 23.0 Å². The fourth-order valence-corrected chi connectivity index (χ4v) is 2.17. The Bertz CT molecular complexity index is 675. The summed E-state index contributed by atoms with van der Waals surface area (Å²) in [6, 6.07) is 3.85. The van der Waals surface area contributed by atoms with E-state index in [9.17, 15) is 13.2 Å². The molecule has 8 heteroatoms. The molecule has 21 heavy (non-hydrogen) atoms. The van der Waals surface area contributed by atoms with Crippen molar-refractivity contribution in [1.82, 2.24) is 9.78 Å². The molecule has 2 aromatic rings. The van der Waals surface area contributed by atoms with E-state index in [0.717, 1.165) is 6.07 Å². The third kappa shape index (κ3) is 2.26. The Kier molecular flexibility index (Phi) is 2.96. The first-order valence-electron chi connectivity index (χ1n) is 6.17. The number of nitrogen functional groups attached to an aromatic ring is 1. The van der Waals surface area contributed by atoms with Crippen molar-refractivity contribution in [3.8, 4) is 22.8 Å². The Morgan fingerprint density at radius 3 is 2.43 bits per heavy atom. The van der Waals surface area contributed by atoms with Crippen molar-refractivity contribution < 1.29 is 22.6 Å². The highest BCUT2D eigenvalue weighted by molar-refractivity contribution is 5.74. The normalized spacial score (nSPS) is 14.3. The quantitative estimate of drug-likeness (QED) is 0.878. The zero-order valence-electron chi connectivity index (χ0n) is 11.1. The fraction of sp³-hybridized carbons (Fsp3) is 0.308. The van der Waals surface area contributed by atoms with Gasteiger partial charge in [-0.25, -0.2) is 0 Å². The first-order chi connectivity index (χ1) is 9.88. The summed E-state index contributed by atoms with van der Waals surface area (Å²) in [4.78, 5) is 0. The van der Waals surface area contributed by atoms with Gasteiger partial charge in [0, 0.05) is 18.7 Å². The molecule has 5 nitrogen and oxygen atoms in total. The third-order valence-corrected chi connectivity index (χ3v) is 3.19. The molecule has 112 valence electrons. The van der Waals surface area contributed by atoms with Gasteiger partial charge in [0.2, 0.25) is 0 Å². The minimum atomic E-state index is -4.51. The number of aromatic nitrogens is 2. The number of nitrogens with two attached hydrogens (primary N) is 1. The summed E-state index contributed by atoms with van der Waals surface area (Å²) in [5.74, 6) is 0.153. The molecule has 2 heterocycles. The summed E-state index contributed by atoms with van der Waals surface area (Å²) in [5.41, 5.74) is 5.70. The van der Waals surface area contributed by atoms with Crippen LogP contribution in [0, 0.1) is 0 Å². The van der Waals surface area contributed by atoms with E-state index >= 15 is 0 Å². The monoisotopic (exact) mass is 299 g/mol. The maximum absolute atomic E-state index is 13.0. The maximum atomic E-state index is 13.0. The largest absolute Gasteiger partial charge is 0.485 e. The van der Waals surface area contributed by atoms with Crippen molar-refractivity contribution in [3.05, 3.63) is 23.8 Å². The number of rotatable bonds is 1. The molecule has 1 aliphatic rings. The number of halogens is 3. The number of hydrogen-bond acceptors (Lipinski definition) is 4. The highest BCUT2D eigenvalue weighted by Gasteiger charge is 2.38. The molecule has 0 bridgehead atoms.